The van der Waals surface area contributed by atoms with Gasteiger partial charge in [-0.2, -0.15) is 0 Å². The van der Waals surface area contributed by atoms with Crippen molar-refractivity contribution in [2.24, 2.45) is 0 Å². The maximum Gasteiger partial charge on any atom is 0.231 e. The fourth-order valence-corrected chi connectivity index (χ4v) is 2.12. The summed E-state index contributed by atoms with van der Waals surface area (Å²) in [6, 6.07) is 7.69. The molecule has 1 aliphatic heterocycles. The monoisotopic (exact) mass is 231 g/mol. The number of fused-ring (bicyclic) bond motifs is 1. The van der Waals surface area contributed by atoms with Crippen LogP contribution in [0.2, 0.25) is 0 Å². The molecule has 0 aromatic heterocycles. The SMILES string of the molecule is CCCCC(=O)CN1C(=O)Cc2ccccc21. The van der Waals surface area contributed by atoms with Crippen molar-refractivity contribution in [2.45, 2.75) is 32.6 Å². The molecule has 17 heavy (non-hydrogen) atoms. The summed E-state index contributed by atoms with van der Waals surface area (Å²) in [5, 5.41) is 0. The van der Waals surface area contributed by atoms with E-state index in [9.17, 15) is 9.59 Å². The Bertz CT molecular complexity index is 440. The zero-order chi connectivity index (χ0) is 12.3. The fraction of sp³-hybridized carbons (Fsp3) is 0.429. The average Bonchev–Trinajstić information content (AvgIpc) is 2.64. The molecule has 0 saturated carbocycles. The number of rotatable bonds is 5. The molecule has 3 nitrogen and oxygen atoms in total. The lowest BCUT2D eigenvalue weighted by atomic mass is 10.1. The van der Waals surface area contributed by atoms with E-state index in [1.165, 1.54) is 0 Å². The summed E-state index contributed by atoms with van der Waals surface area (Å²) in [7, 11) is 0. The molecule has 0 radical (unpaired) electrons. The van der Waals surface area contributed by atoms with Crippen LogP contribution in [0.3, 0.4) is 0 Å². The second-order valence-corrected chi connectivity index (χ2v) is 4.43. The standard InChI is InChI=1S/C14H17NO2/c1-2-3-7-12(16)10-15-13-8-5-4-6-11(13)9-14(15)17/h4-6,8H,2-3,7,9-10H2,1H3. The zero-order valence-corrected chi connectivity index (χ0v) is 10.1. The summed E-state index contributed by atoms with van der Waals surface area (Å²) in [6.45, 7) is 2.29. The van der Waals surface area contributed by atoms with Gasteiger partial charge in [0.05, 0.1) is 13.0 Å². The van der Waals surface area contributed by atoms with Gasteiger partial charge in [0, 0.05) is 12.1 Å². The molecule has 3 heteroatoms. The second kappa shape index (κ2) is 5.13. The van der Waals surface area contributed by atoms with Crippen LogP contribution in [0.4, 0.5) is 5.69 Å². The minimum absolute atomic E-state index is 0.0380. The molecule has 0 atom stereocenters. The van der Waals surface area contributed by atoms with Crippen LogP contribution in [-0.4, -0.2) is 18.2 Å². The first-order valence-corrected chi connectivity index (χ1v) is 6.12. The van der Waals surface area contributed by atoms with E-state index in [0.717, 1.165) is 24.1 Å². The number of hydrogen-bond acceptors (Lipinski definition) is 2. The molecule has 1 aromatic rings. The molecule has 1 aromatic carbocycles. The predicted octanol–water partition coefficient (Wildman–Crippen LogP) is 2.34. The molecular formula is C14H17NO2. The number of anilines is 1. The third-order valence-corrected chi connectivity index (χ3v) is 3.07. The molecule has 0 saturated heterocycles. The Hall–Kier alpha value is -1.64. The molecule has 0 bridgehead atoms. The van der Waals surface area contributed by atoms with E-state index in [1.54, 1.807) is 4.90 Å². The summed E-state index contributed by atoms with van der Waals surface area (Å²) in [6.07, 6.45) is 2.92. The zero-order valence-electron chi connectivity index (χ0n) is 10.1. The maximum absolute atomic E-state index is 11.8. The highest BCUT2D eigenvalue weighted by Crippen LogP contribution is 2.28. The van der Waals surface area contributed by atoms with Gasteiger partial charge in [-0.3, -0.25) is 9.59 Å². The van der Waals surface area contributed by atoms with Gasteiger partial charge in [-0.05, 0) is 18.1 Å². The molecule has 0 spiro atoms. The summed E-state index contributed by atoms with van der Waals surface area (Å²) in [5.41, 5.74) is 1.93. The van der Waals surface area contributed by atoms with Crippen LogP contribution in [0.5, 0.6) is 0 Å². The first kappa shape index (κ1) is 11.8. The number of benzene rings is 1. The number of carbonyl (C=O) groups is 2. The van der Waals surface area contributed by atoms with Crippen LogP contribution in [0.25, 0.3) is 0 Å². The summed E-state index contributed by atoms with van der Waals surface area (Å²) >= 11 is 0. The highest BCUT2D eigenvalue weighted by atomic mass is 16.2. The maximum atomic E-state index is 11.8. The Morgan fingerprint density at radius 3 is 2.88 bits per heavy atom. The van der Waals surface area contributed by atoms with Crippen molar-refractivity contribution in [3.05, 3.63) is 29.8 Å². The fourth-order valence-electron chi connectivity index (χ4n) is 2.12. The molecule has 1 aliphatic rings. The quantitative estimate of drug-likeness (QED) is 0.780. The molecular weight excluding hydrogens is 214 g/mol. The van der Waals surface area contributed by atoms with Crippen molar-refractivity contribution in [3.8, 4) is 0 Å². The lowest BCUT2D eigenvalue weighted by Crippen LogP contribution is -2.32. The second-order valence-electron chi connectivity index (χ2n) is 4.43. The van der Waals surface area contributed by atoms with Crippen LogP contribution in [-0.2, 0) is 16.0 Å². The third-order valence-electron chi connectivity index (χ3n) is 3.07. The Morgan fingerprint density at radius 1 is 1.35 bits per heavy atom. The first-order chi connectivity index (χ1) is 8.22. The van der Waals surface area contributed by atoms with Gasteiger partial charge in [-0.1, -0.05) is 31.5 Å². The number of para-hydroxylation sites is 1. The number of hydrogen-bond donors (Lipinski definition) is 0. The smallest absolute Gasteiger partial charge is 0.231 e. The van der Waals surface area contributed by atoms with Crippen molar-refractivity contribution in [1.29, 1.82) is 0 Å². The summed E-state index contributed by atoms with van der Waals surface area (Å²) in [4.78, 5) is 25.2. The molecule has 0 fully saturated rings. The van der Waals surface area contributed by atoms with Gasteiger partial charge in [-0.15, -0.1) is 0 Å². The molecule has 2 rings (SSSR count). The van der Waals surface area contributed by atoms with Crippen molar-refractivity contribution < 1.29 is 9.59 Å². The van der Waals surface area contributed by atoms with E-state index in [1.807, 2.05) is 24.3 Å². The van der Waals surface area contributed by atoms with Gasteiger partial charge in [0.15, 0.2) is 5.78 Å². The first-order valence-electron chi connectivity index (χ1n) is 6.12. The van der Waals surface area contributed by atoms with Crippen LogP contribution in [0.1, 0.15) is 31.7 Å². The Labute approximate surface area is 101 Å². The van der Waals surface area contributed by atoms with Crippen LogP contribution >= 0.6 is 0 Å². The van der Waals surface area contributed by atoms with Crippen LogP contribution in [0, 0.1) is 0 Å². The summed E-state index contributed by atoms with van der Waals surface area (Å²) in [5.74, 6) is 0.188. The Morgan fingerprint density at radius 2 is 2.12 bits per heavy atom. The minimum atomic E-state index is 0.0380. The van der Waals surface area contributed by atoms with Gasteiger partial charge >= 0.3 is 0 Å². The predicted molar refractivity (Wildman–Crippen MR) is 67.0 cm³/mol. The van der Waals surface area contributed by atoms with E-state index in [4.69, 9.17) is 0 Å². The third kappa shape index (κ3) is 2.54. The number of ketones is 1. The van der Waals surface area contributed by atoms with E-state index < -0.39 is 0 Å². The van der Waals surface area contributed by atoms with Crippen LogP contribution < -0.4 is 4.90 Å². The number of carbonyl (C=O) groups excluding carboxylic acids is 2. The molecule has 0 N–H and O–H groups in total. The Kier molecular flexibility index (Phi) is 3.57. The minimum Gasteiger partial charge on any atom is -0.304 e. The van der Waals surface area contributed by atoms with Crippen molar-refractivity contribution >= 4 is 17.4 Å². The molecule has 1 heterocycles. The number of unbranched alkanes of at least 4 members (excludes halogenated alkanes) is 1. The van der Waals surface area contributed by atoms with Crippen molar-refractivity contribution in [1.82, 2.24) is 0 Å². The molecule has 1 amide bonds. The Balaban J connectivity index is 2.06. The van der Waals surface area contributed by atoms with Gasteiger partial charge in [0.25, 0.3) is 0 Å². The van der Waals surface area contributed by atoms with Gasteiger partial charge in [-0.25, -0.2) is 0 Å². The van der Waals surface area contributed by atoms with E-state index >= 15 is 0 Å². The van der Waals surface area contributed by atoms with Crippen molar-refractivity contribution in [3.63, 3.8) is 0 Å². The molecule has 0 unspecified atom stereocenters. The lowest BCUT2D eigenvalue weighted by molar-refractivity contribution is -0.122. The van der Waals surface area contributed by atoms with Crippen molar-refractivity contribution in [2.75, 3.05) is 11.4 Å². The lowest BCUT2D eigenvalue weighted by Gasteiger charge is -2.16. The topological polar surface area (TPSA) is 37.4 Å². The summed E-state index contributed by atoms with van der Waals surface area (Å²) < 4.78 is 0. The number of nitrogens with zero attached hydrogens (tertiary/aromatic N) is 1. The number of Topliss-reactive ketones (excluding diaryl/α,β-unsaturated/α-hetero) is 1. The molecule has 90 valence electrons. The normalized spacial score (nSPS) is 13.9. The van der Waals surface area contributed by atoms with E-state index in [-0.39, 0.29) is 18.2 Å². The highest BCUT2D eigenvalue weighted by Gasteiger charge is 2.27. The van der Waals surface area contributed by atoms with Crippen LogP contribution in [0.15, 0.2) is 24.3 Å². The largest absolute Gasteiger partial charge is 0.304 e. The van der Waals surface area contributed by atoms with Gasteiger partial charge in [0.1, 0.15) is 0 Å². The highest BCUT2D eigenvalue weighted by molar-refractivity contribution is 6.05. The van der Waals surface area contributed by atoms with E-state index in [2.05, 4.69) is 6.92 Å². The molecule has 0 aliphatic carbocycles. The van der Waals surface area contributed by atoms with E-state index in [0.29, 0.717) is 12.8 Å². The van der Waals surface area contributed by atoms with Gasteiger partial charge < -0.3 is 4.90 Å². The number of amides is 1. The average molecular weight is 231 g/mol. The van der Waals surface area contributed by atoms with Gasteiger partial charge in [0.2, 0.25) is 5.91 Å².